The summed E-state index contributed by atoms with van der Waals surface area (Å²) in [5, 5.41) is 0.717. The van der Waals surface area contributed by atoms with Crippen LogP contribution in [-0.4, -0.2) is 0 Å². The van der Waals surface area contributed by atoms with Gasteiger partial charge in [-0.15, -0.1) is 0 Å². The molecule has 0 aromatic heterocycles. The Balaban J connectivity index is 2.21. The molecular weight excluding hydrogens is 252 g/mol. The van der Waals surface area contributed by atoms with E-state index < -0.39 is 0 Å². The molecular formula is C18H17Cl. The molecule has 0 atom stereocenters. The first kappa shape index (κ1) is 13.7. The first-order valence-electron chi connectivity index (χ1n) is 6.33. The van der Waals surface area contributed by atoms with E-state index >= 15 is 0 Å². The van der Waals surface area contributed by atoms with E-state index in [1.165, 1.54) is 5.56 Å². The molecule has 0 aliphatic carbocycles. The van der Waals surface area contributed by atoms with Gasteiger partial charge in [-0.25, -0.2) is 0 Å². The van der Waals surface area contributed by atoms with E-state index in [-0.39, 0.29) is 5.41 Å². The highest BCUT2D eigenvalue weighted by Crippen LogP contribution is 2.21. The zero-order chi connectivity index (χ0) is 13.9. The van der Waals surface area contributed by atoms with Crippen molar-refractivity contribution in [3.05, 3.63) is 70.2 Å². The van der Waals surface area contributed by atoms with E-state index in [1.807, 2.05) is 24.3 Å². The maximum atomic E-state index is 5.93. The number of benzene rings is 2. The van der Waals surface area contributed by atoms with Crippen molar-refractivity contribution in [2.75, 3.05) is 0 Å². The van der Waals surface area contributed by atoms with E-state index in [0.717, 1.165) is 16.1 Å². The van der Waals surface area contributed by atoms with Crippen molar-refractivity contribution in [2.45, 2.75) is 26.2 Å². The van der Waals surface area contributed by atoms with E-state index in [4.69, 9.17) is 11.6 Å². The summed E-state index contributed by atoms with van der Waals surface area (Å²) in [4.78, 5) is 0. The Labute approximate surface area is 120 Å². The molecule has 0 radical (unpaired) electrons. The van der Waals surface area contributed by atoms with Crippen LogP contribution in [0.15, 0.2) is 48.5 Å². The van der Waals surface area contributed by atoms with Gasteiger partial charge in [-0.1, -0.05) is 62.4 Å². The molecule has 0 saturated carbocycles. The molecule has 0 aliphatic heterocycles. The van der Waals surface area contributed by atoms with Crippen molar-refractivity contribution < 1.29 is 0 Å². The third-order valence-electron chi connectivity index (χ3n) is 2.93. The normalized spacial score (nSPS) is 10.7. The van der Waals surface area contributed by atoms with Gasteiger partial charge in [0.25, 0.3) is 0 Å². The highest BCUT2D eigenvalue weighted by atomic mass is 35.5. The van der Waals surface area contributed by atoms with Crippen molar-refractivity contribution in [1.29, 1.82) is 0 Å². The Morgan fingerprint density at radius 2 is 1.47 bits per heavy atom. The van der Waals surface area contributed by atoms with Gasteiger partial charge in [0, 0.05) is 16.1 Å². The lowest BCUT2D eigenvalue weighted by Crippen LogP contribution is -2.10. The lowest BCUT2D eigenvalue weighted by atomic mass is 9.87. The molecule has 0 spiro atoms. The largest absolute Gasteiger partial charge is 0.0843 e. The molecule has 19 heavy (non-hydrogen) atoms. The Bertz CT molecular complexity index is 619. The molecule has 0 nitrogen and oxygen atoms in total. The van der Waals surface area contributed by atoms with Crippen LogP contribution in [0.4, 0.5) is 0 Å². The van der Waals surface area contributed by atoms with Crippen LogP contribution in [0.1, 0.15) is 37.5 Å². The lowest BCUT2D eigenvalue weighted by Gasteiger charge is -2.18. The predicted molar refractivity (Wildman–Crippen MR) is 82.6 cm³/mol. The van der Waals surface area contributed by atoms with Gasteiger partial charge in [-0.3, -0.25) is 0 Å². The first-order chi connectivity index (χ1) is 8.95. The molecule has 0 saturated heterocycles. The van der Waals surface area contributed by atoms with Gasteiger partial charge in [-0.05, 0) is 41.3 Å². The van der Waals surface area contributed by atoms with E-state index in [9.17, 15) is 0 Å². The van der Waals surface area contributed by atoms with Crippen molar-refractivity contribution in [1.82, 2.24) is 0 Å². The Morgan fingerprint density at radius 3 is 2.05 bits per heavy atom. The van der Waals surface area contributed by atoms with Crippen LogP contribution in [0.2, 0.25) is 5.02 Å². The smallest absolute Gasteiger partial charge is 0.0418 e. The summed E-state index contributed by atoms with van der Waals surface area (Å²) in [6.45, 7) is 6.62. The second-order valence-corrected chi connectivity index (χ2v) is 6.02. The SMILES string of the molecule is CC(C)(C)c1ccc(C#Cc2cccc(Cl)c2)cc1. The van der Waals surface area contributed by atoms with Gasteiger partial charge in [0.05, 0.1) is 0 Å². The average molecular weight is 269 g/mol. The second kappa shape index (κ2) is 5.51. The Hall–Kier alpha value is -1.71. The maximum Gasteiger partial charge on any atom is 0.0418 e. The van der Waals surface area contributed by atoms with Crippen LogP contribution in [0.5, 0.6) is 0 Å². The van der Waals surface area contributed by atoms with Gasteiger partial charge in [0.1, 0.15) is 0 Å². The Morgan fingerprint density at radius 1 is 0.842 bits per heavy atom. The average Bonchev–Trinajstić information content (AvgIpc) is 2.36. The van der Waals surface area contributed by atoms with Gasteiger partial charge in [0.15, 0.2) is 0 Å². The molecule has 0 fully saturated rings. The number of hydrogen-bond donors (Lipinski definition) is 0. The van der Waals surface area contributed by atoms with Crippen molar-refractivity contribution in [2.24, 2.45) is 0 Å². The van der Waals surface area contributed by atoms with Gasteiger partial charge < -0.3 is 0 Å². The summed E-state index contributed by atoms with van der Waals surface area (Å²) < 4.78 is 0. The van der Waals surface area contributed by atoms with Crippen molar-refractivity contribution >= 4 is 11.6 Å². The number of rotatable bonds is 0. The van der Waals surface area contributed by atoms with Gasteiger partial charge in [0.2, 0.25) is 0 Å². The lowest BCUT2D eigenvalue weighted by molar-refractivity contribution is 0.590. The summed E-state index contributed by atoms with van der Waals surface area (Å²) in [5.74, 6) is 6.28. The van der Waals surface area contributed by atoms with Crippen LogP contribution in [-0.2, 0) is 5.41 Å². The minimum Gasteiger partial charge on any atom is -0.0843 e. The summed E-state index contributed by atoms with van der Waals surface area (Å²) in [7, 11) is 0. The standard InChI is InChI=1S/C18H17Cl/c1-18(2,3)16-11-9-14(10-12-16)7-8-15-5-4-6-17(19)13-15/h4-6,9-13H,1-3H3. The molecule has 1 heteroatoms. The Kier molecular flexibility index (Phi) is 3.98. The summed E-state index contributed by atoms with van der Waals surface area (Å²) >= 11 is 5.93. The molecule has 96 valence electrons. The van der Waals surface area contributed by atoms with Crippen molar-refractivity contribution in [3.63, 3.8) is 0 Å². The van der Waals surface area contributed by atoms with Crippen LogP contribution < -0.4 is 0 Å². The highest BCUT2D eigenvalue weighted by molar-refractivity contribution is 6.30. The first-order valence-corrected chi connectivity index (χ1v) is 6.71. The molecule has 2 aromatic carbocycles. The molecule has 0 heterocycles. The molecule has 0 unspecified atom stereocenters. The van der Waals surface area contributed by atoms with Crippen molar-refractivity contribution in [3.8, 4) is 11.8 Å². The van der Waals surface area contributed by atoms with Crippen LogP contribution in [0.25, 0.3) is 0 Å². The van der Waals surface area contributed by atoms with E-state index in [2.05, 4.69) is 56.9 Å². The zero-order valence-electron chi connectivity index (χ0n) is 11.5. The summed E-state index contributed by atoms with van der Waals surface area (Å²) in [5.41, 5.74) is 3.46. The molecule has 0 N–H and O–H groups in total. The van der Waals surface area contributed by atoms with Crippen LogP contribution in [0.3, 0.4) is 0 Å². The third-order valence-corrected chi connectivity index (χ3v) is 3.16. The fourth-order valence-corrected chi connectivity index (χ4v) is 1.95. The quantitative estimate of drug-likeness (QED) is 0.588. The van der Waals surface area contributed by atoms with E-state index in [1.54, 1.807) is 0 Å². The van der Waals surface area contributed by atoms with Crippen LogP contribution in [0, 0.1) is 11.8 Å². The monoisotopic (exact) mass is 268 g/mol. The number of hydrogen-bond acceptors (Lipinski definition) is 0. The fourth-order valence-electron chi connectivity index (χ4n) is 1.76. The molecule has 2 rings (SSSR count). The third kappa shape index (κ3) is 3.88. The summed E-state index contributed by atoms with van der Waals surface area (Å²) in [6, 6.07) is 16.0. The van der Waals surface area contributed by atoms with Gasteiger partial charge >= 0.3 is 0 Å². The van der Waals surface area contributed by atoms with Gasteiger partial charge in [-0.2, -0.15) is 0 Å². The predicted octanol–water partition coefficient (Wildman–Crippen LogP) is 5.04. The van der Waals surface area contributed by atoms with Crippen LogP contribution >= 0.6 is 11.6 Å². The zero-order valence-corrected chi connectivity index (χ0v) is 12.3. The highest BCUT2D eigenvalue weighted by Gasteiger charge is 2.12. The molecule has 0 amide bonds. The minimum atomic E-state index is 0.179. The summed E-state index contributed by atoms with van der Waals surface area (Å²) in [6.07, 6.45) is 0. The maximum absolute atomic E-state index is 5.93. The topological polar surface area (TPSA) is 0 Å². The fraction of sp³-hybridized carbons (Fsp3) is 0.222. The second-order valence-electron chi connectivity index (χ2n) is 5.59. The molecule has 2 aromatic rings. The molecule has 0 bridgehead atoms. The minimum absolute atomic E-state index is 0.179. The van der Waals surface area contributed by atoms with E-state index in [0.29, 0.717) is 0 Å². The molecule has 0 aliphatic rings. The number of halogens is 1.